The summed E-state index contributed by atoms with van der Waals surface area (Å²) >= 11 is 0. The maximum atomic E-state index is 12.5. The van der Waals surface area contributed by atoms with Gasteiger partial charge in [-0.05, 0) is 32.2 Å². The summed E-state index contributed by atoms with van der Waals surface area (Å²) in [6, 6.07) is 0. The molecule has 1 heterocycles. The number of carboxylic acids is 1. The smallest absolute Gasteiger partial charge is 0.326 e. The summed E-state index contributed by atoms with van der Waals surface area (Å²) in [4.78, 5) is 27.9. The molecule has 0 aromatic rings. The van der Waals surface area contributed by atoms with Crippen molar-refractivity contribution in [1.29, 1.82) is 0 Å². The van der Waals surface area contributed by atoms with Crippen molar-refractivity contribution in [3.05, 3.63) is 0 Å². The van der Waals surface area contributed by atoms with Crippen LogP contribution in [0.1, 0.15) is 32.6 Å². The molecule has 1 aliphatic heterocycles. The molecule has 1 saturated heterocycles. The number of rotatable bonds is 8. The van der Waals surface area contributed by atoms with Gasteiger partial charge in [-0.2, -0.15) is 0 Å². The Labute approximate surface area is 136 Å². The third kappa shape index (κ3) is 3.09. The van der Waals surface area contributed by atoms with Gasteiger partial charge in [-0.1, -0.05) is 6.92 Å². The predicted molar refractivity (Wildman–Crippen MR) is 82.2 cm³/mol. The number of carbonyl (C=O) groups is 2. The molecule has 0 unspecified atom stereocenters. The number of likely N-dealkylation sites (N-methyl/N-ethyl adjacent to an activating group) is 1. The standard InChI is InChI=1S/C16H26N2O5/c1-2-17(15(3-4-15)13(19)20)9-12-23-14(21)16(5-6-16)18-7-10-22-11-8-18/h2-12H2,1H3,(H,19,20). The zero-order valence-corrected chi connectivity index (χ0v) is 13.8. The van der Waals surface area contributed by atoms with Crippen LogP contribution in [0.2, 0.25) is 0 Å². The van der Waals surface area contributed by atoms with Gasteiger partial charge in [0.25, 0.3) is 0 Å². The highest BCUT2D eigenvalue weighted by Gasteiger charge is 2.57. The van der Waals surface area contributed by atoms with E-state index in [4.69, 9.17) is 9.47 Å². The minimum absolute atomic E-state index is 0.157. The van der Waals surface area contributed by atoms with Crippen LogP contribution in [0.25, 0.3) is 0 Å². The first-order valence-corrected chi connectivity index (χ1v) is 8.54. The van der Waals surface area contributed by atoms with Crippen molar-refractivity contribution in [2.24, 2.45) is 0 Å². The lowest BCUT2D eigenvalue weighted by Crippen LogP contribution is -2.50. The van der Waals surface area contributed by atoms with E-state index in [0.717, 1.165) is 25.9 Å². The monoisotopic (exact) mass is 326 g/mol. The minimum atomic E-state index is -0.766. The summed E-state index contributed by atoms with van der Waals surface area (Å²) in [5, 5.41) is 9.36. The fourth-order valence-corrected chi connectivity index (χ4v) is 3.60. The van der Waals surface area contributed by atoms with Crippen molar-refractivity contribution >= 4 is 11.9 Å². The largest absolute Gasteiger partial charge is 0.480 e. The number of nitrogens with zero attached hydrogens (tertiary/aromatic N) is 2. The van der Waals surface area contributed by atoms with Crippen molar-refractivity contribution in [2.75, 3.05) is 46.0 Å². The van der Waals surface area contributed by atoms with Crippen LogP contribution in [-0.2, 0) is 19.1 Å². The third-order valence-corrected chi connectivity index (χ3v) is 5.42. The summed E-state index contributed by atoms with van der Waals surface area (Å²) in [7, 11) is 0. The van der Waals surface area contributed by atoms with E-state index in [0.29, 0.717) is 39.1 Å². The van der Waals surface area contributed by atoms with Crippen LogP contribution in [0.4, 0.5) is 0 Å². The second-order valence-electron chi connectivity index (χ2n) is 6.68. The van der Waals surface area contributed by atoms with E-state index in [9.17, 15) is 14.7 Å². The normalized spacial score (nSPS) is 25.1. The maximum Gasteiger partial charge on any atom is 0.326 e. The van der Waals surface area contributed by atoms with Gasteiger partial charge in [0.2, 0.25) is 0 Å². The number of hydrogen-bond acceptors (Lipinski definition) is 6. The molecule has 23 heavy (non-hydrogen) atoms. The summed E-state index contributed by atoms with van der Waals surface area (Å²) in [5.41, 5.74) is -1.16. The first kappa shape index (κ1) is 16.7. The molecule has 1 N–H and O–H groups in total. The van der Waals surface area contributed by atoms with Crippen LogP contribution in [0.15, 0.2) is 0 Å². The molecule has 130 valence electrons. The van der Waals surface area contributed by atoms with Gasteiger partial charge in [0, 0.05) is 19.6 Å². The highest BCUT2D eigenvalue weighted by Crippen LogP contribution is 2.44. The quantitative estimate of drug-likeness (QED) is 0.644. The molecule has 3 rings (SSSR count). The Balaban J connectivity index is 1.48. The van der Waals surface area contributed by atoms with E-state index < -0.39 is 17.0 Å². The molecule has 2 saturated carbocycles. The molecule has 0 spiro atoms. The molecular weight excluding hydrogens is 300 g/mol. The summed E-state index contributed by atoms with van der Waals surface area (Å²) < 4.78 is 10.8. The Morgan fingerprint density at radius 2 is 1.87 bits per heavy atom. The Hall–Kier alpha value is -1.18. The first-order chi connectivity index (χ1) is 11.0. The Morgan fingerprint density at radius 1 is 1.22 bits per heavy atom. The number of morpholine rings is 1. The van der Waals surface area contributed by atoms with Gasteiger partial charge in [-0.15, -0.1) is 0 Å². The van der Waals surface area contributed by atoms with Gasteiger partial charge in [0.1, 0.15) is 17.7 Å². The molecule has 0 radical (unpaired) electrons. The van der Waals surface area contributed by atoms with Crippen molar-refractivity contribution in [1.82, 2.24) is 9.80 Å². The minimum Gasteiger partial charge on any atom is -0.480 e. The number of carbonyl (C=O) groups excluding carboxylic acids is 1. The van der Waals surface area contributed by atoms with Crippen LogP contribution in [-0.4, -0.2) is 83.9 Å². The average Bonchev–Trinajstić information content (AvgIpc) is 3.46. The molecule has 0 aromatic carbocycles. The molecule has 3 aliphatic rings. The van der Waals surface area contributed by atoms with E-state index >= 15 is 0 Å². The fraction of sp³-hybridized carbons (Fsp3) is 0.875. The average molecular weight is 326 g/mol. The van der Waals surface area contributed by atoms with Gasteiger partial charge in [-0.3, -0.25) is 19.4 Å². The summed E-state index contributed by atoms with van der Waals surface area (Å²) in [6.45, 7) is 6.22. The topological polar surface area (TPSA) is 79.3 Å². The van der Waals surface area contributed by atoms with Crippen molar-refractivity contribution < 1.29 is 24.2 Å². The zero-order valence-electron chi connectivity index (χ0n) is 13.8. The predicted octanol–water partition coefficient (Wildman–Crippen LogP) is 0.334. The van der Waals surface area contributed by atoms with Gasteiger partial charge in [0.15, 0.2) is 0 Å². The zero-order chi connectivity index (χ0) is 16.5. The maximum absolute atomic E-state index is 12.5. The molecule has 7 heteroatoms. The SMILES string of the molecule is CCN(CCOC(=O)C1(N2CCOCC2)CC1)C1(C(=O)O)CC1. The summed E-state index contributed by atoms with van der Waals surface area (Å²) in [6.07, 6.45) is 3.06. The fourth-order valence-electron chi connectivity index (χ4n) is 3.60. The molecular formula is C16H26N2O5. The highest BCUT2D eigenvalue weighted by molar-refractivity contribution is 5.84. The van der Waals surface area contributed by atoms with Crippen molar-refractivity contribution in [3.8, 4) is 0 Å². The molecule has 0 atom stereocenters. The Morgan fingerprint density at radius 3 is 2.35 bits per heavy atom. The Kier molecular flexibility index (Phi) is 4.62. The lowest BCUT2D eigenvalue weighted by atomic mass is 10.2. The molecule has 2 aliphatic carbocycles. The van der Waals surface area contributed by atoms with E-state index in [-0.39, 0.29) is 12.6 Å². The van der Waals surface area contributed by atoms with Crippen LogP contribution < -0.4 is 0 Å². The van der Waals surface area contributed by atoms with Crippen LogP contribution in [0, 0.1) is 0 Å². The van der Waals surface area contributed by atoms with E-state index in [2.05, 4.69) is 4.90 Å². The van der Waals surface area contributed by atoms with Crippen LogP contribution in [0.3, 0.4) is 0 Å². The Bertz CT molecular complexity index is 467. The number of ether oxygens (including phenoxy) is 2. The number of hydrogen-bond donors (Lipinski definition) is 1. The number of aliphatic carboxylic acids is 1. The third-order valence-electron chi connectivity index (χ3n) is 5.42. The van der Waals surface area contributed by atoms with Crippen LogP contribution in [0.5, 0.6) is 0 Å². The van der Waals surface area contributed by atoms with Gasteiger partial charge in [0.05, 0.1) is 13.2 Å². The molecule has 0 aromatic heterocycles. The molecule has 0 amide bonds. The van der Waals surface area contributed by atoms with E-state index in [1.165, 1.54) is 0 Å². The van der Waals surface area contributed by atoms with Crippen LogP contribution >= 0.6 is 0 Å². The van der Waals surface area contributed by atoms with Gasteiger partial charge >= 0.3 is 11.9 Å². The summed E-state index contributed by atoms with van der Waals surface area (Å²) in [5.74, 6) is -0.923. The lowest BCUT2D eigenvalue weighted by molar-refractivity contribution is -0.155. The van der Waals surface area contributed by atoms with E-state index in [1.807, 2.05) is 11.8 Å². The number of carboxylic acid groups (broad SMARTS) is 1. The van der Waals surface area contributed by atoms with Gasteiger partial charge in [-0.25, -0.2) is 0 Å². The van der Waals surface area contributed by atoms with Gasteiger partial charge < -0.3 is 14.6 Å². The van der Waals surface area contributed by atoms with E-state index in [1.54, 1.807) is 0 Å². The first-order valence-electron chi connectivity index (χ1n) is 8.54. The molecule has 3 fully saturated rings. The lowest BCUT2D eigenvalue weighted by Gasteiger charge is -2.33. The molecule has 7 nitrogen and oxygen atoms in total. The number of esters is 1. The van der Waals surface area contributed by atoms with Crippen molar-refractivity contribution in [3.63, 3.8) is 0 Å². The molecule has 0 bridgehead atoms. The van der Waals surface area contributed by atoms with Crippen molar-refractivity contribution in [2.45, 2.75) is 43.7 Å². The second kappa shape index (κ2) is 6.37. The highest BCUT2D eigenvalue weighted by atomic mass is 16.5. The second-order valence-corrected chi connectivity index (χ2v) is 6.68.